The van der Waals surface area contributed by atoms with Gasteiger partial charge in [0.15, 0.2) is 5.16 Å². The van der Waals surface area contributed by atoms with E-state index in [0.29, 0.717) is 10.6 Å². The molecule has 1 aromatic heterocycles. The lowest BCUT2D eigenvalue weighted by atomic mass is 10.3. The van der Waals surface area contributed by atoms with Crippen molar-refractivity contribution in [3.05, 3.63) is 24.3 Å². The number of hydrogen-bond acceptors (Lipinski definition) is 8. The Kier molecular flexibility index (Phi) is 4.21. The number of nitrogens with one attached hydrogen (secondary N) is 1. The molecular weight excluding hydrogens is 312 g/mol. The van der Waals surface area contributed by atoms with Gasteiger partial charge in [-0.25, -0.2) is 23.1 Å². The van der Waals surface area contributed by atoms with E-state index < -0.39 is 10.0 Å². The summed E-state index contributed by atoms with van der Waals surface area (Å²) >= 11 is 1.04. The minimum absolute atomic E-state index is 0.0413. The maximum Gasteiger partial charge on any atom is 0.241 e. The van der Waals surface area contributed by atoms with Crippen LogP contribution >= 0.6 is 11.8 Å². The topological polar surface area (TPSA) is 150 Å². The first kappa shape index (κ1) is 15.4. The highest BCUT2D eigenvalue weighted by atomic mass is 32.2. The van der Waals surface area contributed by atoms with Crippen LogP contribution in [0.25, 0.3) is 0 Å². The molecule has 0 spiro atoms. The van der Waals surface area contributed by atoms with Gasteiger partial charge < -0.3 is 17.2 Å². The van der Waals surface area contributed by atoms with E-state index in [-0.39, 0.29) is 21.7 Å². The second-order valence-electron chi connectivity index (χ2n) is 4.02. The number of benzene rings is 1. The predicted octanol–water partition coefficient (Wildman–Crippen LogP) is 0.282. The molecule has 0 radical (unpaired) electrons. The lowest BCUT2D eigenvalue weighted by molar-refractivity contribution is 0.586. The molecule has 0 unspecified atom stereocenters. The maximum absolute atomic E-state index is 12.0. The Morgan fingerprint density at radius 1 is 1.10 bits per heavy atom. The van der Waals surface area contributed by atoms with E-state index in [0.717, 1.165) is 11.8 Å². The van der Waals surface area contributed by atoms with Crippen molar-refractivity contribution in [2.24, 2.45) is 0 Å². The zero-order chi connectivity index (χ0) is 15.6. The van der Waals surface area contributed by atoms with Gasteiger partial charge in [-0.3, -0.25) is 0 Å². The molecule has 1 heterocycles. The first-order chi connectivity index (χ1) is 9.81. The first-order valence-corrected chi connectivity index (χ1v) is 8.03. The van der Waals surface area contributed by atoms with Crippen molar-refractivity contribution in [2.75, 3.05) is 24.2 Å². The molecule has 0 amide bonds. The Bertz CT molecular complexity index is 758. The quantitative estimate of drug-likeness (QED) is 0.462. The van der Waals surface area contributed by atoms with Gasteiger partial charge in [-0.15, -0.1) is 0 Å². The molecule has 0 saturated carbocycles. The number of rotatable bonds is 4. The summed E-state index contributed by atoms with van der Waals surface area (Å²) in [4.78, 5) is 8.47. The van der Waals surface area contributed by atoms with Crippen LogP contribution in [0.3, 0.4) is 0 Å². The third-order valence-electron chi connectivity index (χ3n) is 2.47. The van der Waals surface area contributed by atoms with E-state index in [1.807, 2.05) is 0 Å². The summed E-state index contributed by atoms with van der Waals surface area (Å²) < 4.78 is 26.3. The summed E-state index contributed by atoms with van der Waals surface area (Å²) in [7, 11) is -2.34. The molecule has 0 aliphatic carbocycles. The van der Waals surface area contributed by atoms with Crippen molar-refractivity contribution in [2.45, 2.75) is 14.9 Å². The molecule has 2 aromatic rings. The molecule has 8 nitrogen and oxygen atoms in total. The highest BCUT2D eigenvalue weighted by Gasteiger charge is 2.19. The van der Waals surface area contributed by atoms with Crippen LogP contribution in [0.2, 0.25) is 0 Å². The van der Waals surface area contributed by atoms with Crippen molar-refractivity contribution in [3.8, 4) is 0 Å². The van der Waals surface area contributed by atoms with Crippen LogP contribution in [0.15, 0.2) is 39.2 Å². The van der Waals surface area contributed by atoms with Crippen molar-refractivity contribution in [1.82, 2.24) is 14.7 Å². The molecule has 0 aliphatic heterocycles. The number of nitrogens with two attached hydrogens (primary N) is 3. The van der Waals surface area contributed by atoms with Crippen molar-refractivity contribution < 1.29 is 8.42 Å². The van der Waals surface area contributed by atoms with Gasteiger partial charge in [0, 0.05) is 16.6 Å². The van der Waals surface area contributed by atoms with Gasteiger partial charge in [-0.2, -0.15) is 0 Å². The highest BCUT2D eigenvalue weighted by Crippen LogP contribution is 2.32. The van der Waals surface area contributed by atoms with Crippen LogP contribution in [0.4, 0.5) is 17.3 Å². The summed E-state index contributed by atoms with van der Waals surface area (Å²) in [5, 5.41) is 0.254. The summed E-state index contributed by atoms with van der Waals surface area (Å²) in [6.07, 6.45) is 0. The van der Waals surface area contributed by atoms with E-state index in [1.54, 1.807) is 12.1 Å². The van der Waals surface area contributed by atoms with E-state index in [4.69, 9.17) is 17.2 Å². The molecule has 112 valence electrons. The van der Waals surface area contributed by atoms with Crippen molar-refractivity contribution in [3.63, 3.8) is 0 Å². The Hall–Kier alpha value is -2.04. The first-order valence-electron chi connectivity index (χ1n) is 5.73. The fourth-order valence-electron chi connectivity index (χ4n) is 1.53. The fourth-order valence-corrected chi connectivity index (χ4v) is 3.63. The van der Waals surface area contributed by atoms with Gasteiger partial charge >= 0.3 is 0 Å². The SMILES string of the molecule is CNS(=O)(=O)c1cc(N)ccc1Sc1nc(N)cc(N)n1. The molecule has 0 fully saturated rings. The Morgan fingerprint density at radius 3 is 2.29 bits per heavy atom. The zero-order valence-electron chi connectivity index (χ0n) is 11.1. The maximum atomic E-state index is 12.0. The number of sulfonamides is 1. The average molecular weight is 326 g/mol. The molecule has 21 heavy (non-hydrogen) atoms. The number of nitrogen functional groups attached to an aromatic ring is 3. The molecule has 0 atom stereocenters. The smallest absolute Gasteiger partial charge is 0.241 e. The number of hydrogen-bond donors (Lipinski definition) is 4. The molecule has 0 bridgehead atoms. The van der Waals surface area contributed by atoms with Crippen LogP contribution in [0, 0.1) is 0 Å². The summed E-state index contributed by atoms with van der Waals surface area (Å²) in [5.41, 5.74) is 17.2. The van der Waals surface area contributed by atoms with E-state index in [9.17, 15) is 8.42 Å². The van der Waals surface area contributed by atoms with Crippen LogP contribution in [-0.2, 0) is 10.0 Å². The Morgan fingerprint density at radius 2 is 1.71 bits per heavy atom. The van der Waals surface area contributed by atoms with E-state index in [2.05, 4.69) is 14.7 Å². The number of nitrogens with zero attached hydrogens (tertiary/aromatic N) is 2. The Labute approximate surface area is 126 Å². The van der Waals surface area contributed by atoms with E-state index >= 15 is 0 Å². The molecular formula is C11H14N6O2S2. The molecule has 7 N–H and O–H groups in total. The highest BCUT2D eigenvalue weighted by molar-refractivity contribution is 8.00. The van der Waals surface area contributed by atoms with Gasteiger partial charge in [0.25, 0.3) is 0 Å². The summed E-state index contributed by atoms with van der Waals surface area (Å²) in [6, 6.07) is 5.95. The van der Waals surface area contributed by atoms with E-state index in [1.165, 1.54) is 19.2 Å². The third-order valence-corrected chi connectivity index (χ3v) is 5.00. The van der Waals surface area contributed by atoms with Crippen molar-refractivity contribution >= 4 is 39.1 Å². The lowest BCUT2D eigenvalue weighted by Gasteiger charge is -2.10. The minimum Gasteiger partial charge on any atom is -0.399 e. The monoisotopic (exact) mass is 326 g/mol. The van der Waals surface area contributed by atoms with Gasteiger partial charge in [0.2, 0.25) is 10.0 Å². The zero-order valence-corrected chi connectivity index (χ0v) is 12.7. The normalized spacial score (nSPS) is 11.5. The van der Waals surface area contributed by atoms with Gasteiger partial charge in [-0.05, 0) is 37.0 Å². The molecule has 10 heteroatoms. The minimum atomic E-state index is -3.66. The second-order valence-corrected chi connectivity index (χ2v) is 6.88. The number of anilines is 3. The van der Waals surface area contributed by atoms with Gasteiger partial charge in [0.1, 0.15) is 11.6 Å². The summed E-state index contributed by atoms with van der Waals surface area (Å²) in [5.74, 6) is 0.414. The predicted molar refractivity (Wildman–Crippen MR) is 82.1 cm³/mol. The van der Waals surface area contributed by atoms with Gasteiger partial charge in [-0.1, -0.05) is 0 Å². The van der Waals surface area contributed by atoms with Crippen LogP contribution in [0.5, 0.6) is 0 Å². The lowest BCUT2D eigenvalue weighted by Crippen LogP contribution is -2.19. The molecule has 0 aliphatic rings. The van der Waals surface area contributed by atoms with Crippen LogP contribution in [0.1, 0.15) is 0 Å². The largest absolute Gasteiger partial charge is 0.399 e. The standard InChI is InChI=1S/C11H14N6O2S2/c1-15-21(18,19)8-4-6(12)2-3-7(8)20-11-16-9(13)5-10(14)17-11/h2-5,15H,12H2,1H3,(H4,13,14,16,17). The molecule has 2 rings (SSSR count). The fraction of sp³-hybridized carbons (Fsp3) is 0.0909. The van der Waals surface area contributed by atoms with Crippen LogP contribution in [-0.4, -0.2) is 25.4 Å². The Balaban J connectivity index is 2.49. The average Bonchev–Trinajstić information content (AvgIpc) is 2.39. The van der Waals surface area contributed by atoms with Crippen LogP contribution < -0.4 is 21.9 Å². The second kappa shape index (κ2) is 5.76. The summed E-state index contributed by atoms with van der Waals surface area (Å²) in [6.45, 7) is 0. The molecule has 1 aromatic carbocycles. The molecule has 0 saturated heterocycles. The number of aromatic nitrogens is 2. The van der Waals surface area contributed by atoms with Gasteiger partial charge in [0.05, 0.1) is 4.90 Å². The van der Waals surface area contributed by atoms with Crippen molar-refractivity contribution in [1.29, 1.82) is 0 Å². The third kappa shape index (κ3) is 3.54.